The molecular formula is C11H11N2O3-. The van der Waals surface area contributed by atoms with Crippen molar-refractivity contribution >= 4 is 11.9 Å². The third kappa shape index (κ3) is 2.18. The Bertz CT molecular complexity index is 405. The topological polar surface area (TPSA) is 73.3 Å². The van der Waals surface area contributed by atoms with Crippen molar-refractivity contribution in [1.82, 2.24) is 9.88 Å². The van der Waals surface area contributed by atoms with Gasteiger partial charge in [0.2, 0.25) is 5.91 Å². The number of amides is 1. The number of carboxylic acid groups (broad SMARTS) is 1. The smallest absolute Gasteiger partial charge is 0.223 e. The number of hydrogen-bond acceptors (Lipinski definition) is 4. The largest absolute Gasteiger partial charge is 0.550 e. The van der Waals surface area contributed by atoms with Crippen LogP contribution in [0.5, 0.6) is 0 Å². The molecule has 84 valence electrons. The predicted molar refractivity (Wildman–Crippen MR) is 52.8 cm³/mol. The summed E-state index contributed by atoms with van der Waals surface area (Å²) < 4.78 is 0. The normalized spacial score (nSPS) is 20.1. The van der Waals surface area contributed by atoms with E-state index in [1.807, 2.05) is 6.07 Å². The highest BCUT2D eigenvalue weighted by molar-refractivity contribution is 5.85. The van der Waals surface area contributed by atoms with Gasteiger partial charge in [0.25, 0.3) is 0 Å². The Hall–Kier alpha value is -1.91. The molecule has 2 heterocycles. The van der Waals surface area contributed by atoms with Crippen molar-refractivity contribution < 1.29 is 14.7 Å². The Kier molecular flexibility index (Phi) is 2.85. The average Bonchev–Trinajstić information content (AvgIpc) is 2.62. The van der Waals surface area contributed by atoms with E-state index in [0.29, 0.717) is 6.54 Å². The van der Waals surface area contributed by atoms with Crippen LogP contribution in [0.2, 0.25) is 0 Å². The minimum atomic E-state index is -1.15. The number of carboxylic acids is 1. The SMILES string of the molecule is O=C([O-])C1CC(=O)N(Cc2cccnc2)C1. The van der Waals surface area contributed by atoms with Gasteiger partial charge in [-0.05, 0) is 11.6 Å². The quantitative estimate of drug-likeness (QED) is 0.665. The highest BCUT2D eigenvalue weighted by Crippen LogP contribution is 2.19. The predicted octanol–water partition coefficient (Wildman–Crippen LogP) is -0.820. The molecule has 1 unspecified atom stereocenters. The van der Waals surface area contributed by atoms with Crippen LogP contribution in [-0.4, -0.2) is 28.3 Å². The lowest BCUT2D eigenvalue weighted by atomic mass is 10.1. The molecule has 0 saturated carbocycles. The molecule has 0 bridgehead atoms. The summed E-state index contributed by atoms with van der Waals surface area (Å²) >= 11 is 0. The van der Waals surface area contributed by atoms with Gasteiger partial charge in [0.1, 0.15) is 0 Å². The second-order valence-corrected chi connectivity index (χ2v) is 3.86. The number of carbonyl (C=O) groups excluding carboxylic acids is 2. The number of nitrogens with zero attached hydrogens (tertiary/aromatic N) is 2. The van der Waals surface area contributed by atoms with Gasteiger partial charge < -0.3 is 14.8 Å². The van der Waals surface area contributed by atoms with Crippen LogP contribution in [0.4, 0.5) is 0 Å². The third-order valence-corrected chi connectivity index (χ3v) is 2.64. The lowest BCUT2D eigenvalue weighted by Gasteiger charge is -2.16. The highest BCUT2D eigenvalue weighted by Gasteiger charge is 2.30. The fourth-order valence-electron chi connectivity index (χ4n) is 1.79. The summed E-state index contributed by atoms with van der Waals surface area (Å²) in [5, 5.41) is 10.6. The average molecular weight is 219 g/mol. The minimum Gasteiger partial charge on any atom is -0.550 e. The molecule has 1 aromatic heterocycles. The van der Waals surface area contributed by atoms with Gasteiger partial charge >= 0.3 is 0 Å². The first kappa shape index (κ1) is 10.6. The molecule has 5 heteroatoms. The van der Waals surface area contributed by atoms with Gasteiger partial charge in [-0.25, -0.2) is 0 Å². The van der Waals surface area contributed by atoms with Gasteiger partial charge in [-0.2, -0.15) is 0 Å². The van der Waals surface area contributed by atoms with Crippen molar-refractivity contribution in [2.24, 2.45) is 5.92 Å². The van der Waals surface area contributed by atoms with Crippen LogP contribution in [0.15, 0.2) is 24.5 Å². The van der Waals surface area contributed by atoms with Crippen LogP contribution < -0.4 is 5.11 Å². The lowest BCUT2D eigenvalue weighted by Crippen LogP contribution is -2.33. The monoisotopic (exact) mass is 219 g/mol. The van der Waals surface area contributed by atoms with E-state index in [-0.39, 0.29) is 18.9 Å². The minimum absolute atomic E-state index is 0.0442. The molecule has 1 aromatic rings. The first-order chi connectivity index (χ1) is 7.66. The molecule has 1 aliphatic heterocycles. The molecule has 0 spiro atoms. The van der Waals surface area contributed by atoms with Gasteiger partial charge in [-0.15, -0.1) is 0 Å². The summed E-state index contributed by atoms with van der Waals surface area (Å²) in [4.78, 5) is 27.6. The summed E-state index contributed by atoms with van der Waals surface area (Å²) in [6, 6.07) is 3.64. The molecule has 2 rings (SSSR count). The van der Waals surface area contributed by atoms with E-state index in [1.165, 1.54) is 4.90 Å². The lowest BCUT2D eigenvalue weighted by molar-refractivity contribution is -0.311. The van der Waals surface area contributed by atoms with E-state index < -0.39 is 11.9 Å². The Morgan fingerprint density at radius 1 is 1.62 bits per heavy atom. The Morgan fingerprint density at radius 3 is 3.00 bits per heavy atom. The number of carbonyl (C=O) groups is 2. The molecule has 16 heavy (non-hydrogen) atoms. The van der Waals surface area contributed by atoms with Gasteiger partial charge in [-0.3, -0.25) is 9.78 Å². The first-order valence-corrected chi connectivity index (χ1v) is 5.04. The number of aromatic nitrogens is 1. The van der Waals surface area contributed by atoms with E-state index in [0.717, 1.165) is 5.56 Å². The third-order valence-electron chi connectivity index (χ3n) is 2.64. The zero-order valence-electron chi connectivity index (χ0n) is 8.63. The van der Waals surface area contributed by atoms with Crippen LogP contribution in [0.3, 0.4) is 0 Å². The van der Waals surface area contributed by atoms with E-state index in [1.54, 1.807) is 18.5 Å². The van der Waals surface area contributed by atoms with Crippen LogP contribution in [0.1, 0.15) is 12.0 Å². The van der Waals surface area contributed by atoms with Crippen molar-refractivity contribution in [3.05, 3.63) is 30.1 Å². The zero-order chi connectivity index (χ0) is 11.5. The molecule has 0 N–H and O–H groups in total. The Morgan fingerprint density at radius 2 is 2.44 bits per heavy atom. The van der Waals surface area contributed by atoms with Crippen LogP contribution in [0.25, 0.3) is 0 Å². The Balaban J connectivity index is 2.02. The number of hydrogen-bond donors (Lipinski definition) is 0. The van der Waals surface area contributed by atoms with Crippen LogP contribution in [0, 0.1) is 5.92 Å². The maximum absolute atomic E-state index is 11.5. The van der Waals surface area contributed by atoms with Crippen LogP contribution >= 0.6 is 0 Å². The van der Waals surface area contributed by atoms with Crippen molar-refractivity contribution in [3.8, 4) is 0 Å². The van der Waals surface area contributed by atoms with E-state index >= 15 is 0 Å². The summed E-state index contributed by atoms with van der Waals surface area (Å²) in [7, 11) is 0. The highest BCUT2D eigenvalue weighted by atomic mass is 16.4. The van der Waals surface area contributed by atoms with Gasteiger partial charge in [0, 0.05) is 43.8 Å². The molecule has 1 fully saturated rings. The fraction of sp³-hybridized carbons (Fsp3) is 0.364. The van der Waals surface area contributed by atoms with Gasteiger partial charge in [0.05, 0.1) is 0 Å². The molecule has 0 aromatic carbocycles. The summed E-state index contributed by atoms with van der Waals surface area (Å²) in [6.07, 6.45) is 3.36. The molecule has 1 aliphatic rings. The van der Waals surface area contributed by atoms with E-state index in [4.69, 9.17) is 0 Å². The molecule has 1 atom stereocenters. The number of likely N-dealkylation sites (tertiary alicyclic amines) is 1. The zero-order valence-corrected chi connectivity index (χ0v) is 8.63. The molecule has 1 amide bonds. The number of rotatable bonds is 3. The van der Waals surface area contributed by atoms with E-state index in [9.17, 15) is 14.7 Å². The maximum atomic E-state index is 11.5. The van der Waals surface area contributed by atoms with Crippen molar-refractivity contribution in [1.29, 1.82) is 0 Å². The molecular weight excluding hydrogens is 208 g/mol. The Labute approximate surface area is 92.7 Å². The first-order valence-electron chi connectivity index (χ1n) is 5.04. The van der Waals surface area contributed by atoms with Crippen molar-refractivity contribution in [2.75, 3.05) is 6.54 Å². The van der Waals surface area contributed by atoms with Crippen molar-refractivity contribution in [2.45, 2.75) is 13.0 Å². The number of aliphatic carboxylic acids is 1. The fourth-order valence-corrected chi connectivity index (χ4v) is 1.79. The molecule has 0 radical (unpaired) electrons. The second kappa shape index (κ2) is 4.30. The van der Waals surface area contributed by atoms with Gasteiger partial charge in [-0.1, -0.05) is 6.07 Å². The molecule has 1 saturated heterocycles. The molecule has 0 aliphatic carbocycles. The number of pyridine rings is 1. The molecule has 5 nitrogen and oxygen atoms in total. The van der Waals surface area contributed by atoms with Crippen molar-refractivity contribution in [3.63, 3.8) is 0 Å². The van der Waals surface area contributed by atoms with E-state index in [2.05, 4.69) is 4.98 Å². The summed E-state index contributed by atoms with van der Waals surface area (Å²) in [5.74, 6) is -1.97. The summed E-state index contributed by atoms with van der Waals surface area (Å²) in [6.45, 7) is 0.645. The second-order valence-electron chi connectivity index (χ2n) is 3.86. The maximum Gasteiger partial charge on any atom is 0.223 e. The van der Waals surface area contributed by atoms with Gasteiger partial charge in [0.15, 0.2) is 0 Å². The van der Waals surface area contributed by atoms with Crippen LogP contribution in [-0.2, 0) is 16.1 Å². The summed E-state index contributed by atoms with van der Waals surface area (Å²) in [5.41, 5.74) is 0.898. The standard InChI is InChI=1S/C11H12N2O3/c14-10-4-9(11(15)16)7-13(10)6-8-2-1-3-12-5-8/h1-3,5,9H,4,6-7H2,(H,15,16)/p-1.